The van der Waals surface area contributed by atoms with Crippen molar-refractivity contribution in [3.63, 3.8) is 0 Å². The molecule has 1 nitrogen and oxygen atoms in total. The van der Waals surface area contributed by atoms with Crippen LogP contribution in [0.25, 0.3) is 76.9 Å². The first-order chi connectivity index (χ1) is 20.1. The van der Waals surface area contributed by atoms with Gasteiger partial charge >= 0.3 is 0 Å². The van der Waals surface area contributed by atoms with Crippen molar-refractivity contribution in [1.29, 1.82) is 0 Å². The predicted octanol–water partition coefficient (Wildman–Crippen LogP) is 11.5. The van der Waals surface area contributed by atoms with Crippen LogP contribution in [-0.4, -0.2) is 0 Å². The van der Waals surface area contributed by atoms with Gasteiger partial charge in [-0.1, -0.05) is 103 Å². The third-order valence-electron chi connectivity index (χ3n) is 8.54. The van der Waals surface area contributed by atoms with Crippen LogP contribution in [0, 0.1) is 13.8 Å². The van der Waals surface area contributed by atoms with Crippen LogP contribution in [0.4, 0.5) is 0 Å². The van der Waals surface area contributed by atoms with E-state index in [-0.39, 0.29) is 0 Å². The molecule has 7 aromatic carbocycles. The fourth-order valence-electron chi connectivity index (χ4n) is 6.36. The first kappa shape index (κ1) is 23.7. The van der Waals surface area contributed by atoms with E-state index in [1.54, 1.807) is 0 Å². The van der Waals surface area contributed by atoms with Gasteiger partial charge in [-0.05, 0) is 110 Å². The second-order valence-corrected chi connectivity index (χ2v) is 11.1. The lowest BCUT2D eigenvalue weighted by atomic mass is 9.92. The number of furan rings is 1. The van der Waals surface area contributed by atoms with Crippen LogP contribution < -0.4 is 0 Å². The molecule has 0 unspecified atom stereocenters. The number of hydrogen-bond acceptors (Lipinski definition) is 1. The zero-order valence-electron chi connectivity index (χ0n) is 23.1. The molecule has 1 aromatic heterocycles. The Bertz CT molecular complexity index is 2280. The lowest BCUT2D eigenvalue weighted by Gasteiger charge is -2.13. The molecule has 0 saturated heterocycles. The highest BCUT2D eigenvalue weighted by Crippen LogP contribution is 2.36. The number of fused-ring (bicyclic) bond motifs is 6. The Hall–Kier alpha value is -5.14. The van der Waals surface area contributed by atoms with Gasteiger partial charge in [-0.3, -0.25) is 0 Å². The highest BCUT2D eigenvalue weighted by Gasteiger charge is 2.11. The molecule has 41 heavy (non-hydrogen) atoms. The summed E-state index contributed by atoms with van der Waals surface area (Å²) < 4.78 is 6.15. The summed E-state index contributed by atoms with van der Waals surface area (Å²) in [7, 11) is 0. The summed E-state index contributed by atoms with van der Waals surface area (Å²) >= 11 is 0. The summed E-state index contributed by atoms with van der Waals surface area (Å²) in [4.78, 5) is 0. The number of rotatable bonds is 3. The largest absolute Gasteiger partial charge is 0.456 e. The molecule has 1 heteroatoms. The van der Waals surface area contributed by atoms with Gasteiger partial charge in [0, 0.05) is 10.8 Å². The summed E-state index contributed by atoms with van der Waals surface area (Å²) in [5.41, 5.74) is 11.9. The van der Waals surface area contributed by atoms with Crippen molar-refractivity contribution < 1.29 is 4.42 Å². The highest BCUT2D eigenvalue weighted by molar-refractivity contribution is 6.10. The van der Waals surface area contributed by atoms with E-state index in [9.17, 15) is 0 Å². The summed E-state index contributed by atoms with van der Waals surface area (Å²) in [6.07, 6.45) is 0. The van der Waals surface area contributed by atoms with Crippen molar-refractivity contribution in [3.05, 3.63) is 145 Å². The minimum Gasteiger partial charge on any atom is -0.456 e. The number of benzene rings is 7. The second-order valence-electron chi connectivity index (χ2n) is 11.1. The topological polar surface area (TPSA) is 13.1 Å². The molecule has 1 heterocycles. The van der Waals surface area contributed by atoms with Crippen LogP contribution in [0.15, 0.2) is 138 Å². The van der Waals surface area contributed by atoms with Crippen LogP contribution in [-0.2, 0) is 0 Å². The third kappa shape index (κ3) is 3.93. The Balaban J connectivity index is 1.16. The van der Waals surface area contributed by atoms with Gasteiger partial charge in [0.15, 0.2) is 0 Å². The van der Waals surface area contributed by atoms with E-state index in [2.05, 4.69) is 135 Å². The Morgan fingerprint density at radius 2 is 0.902 bits per heavy atom. The fourth-order valence-corrected chi connectivity index (χ4v) is 6.36. The predicted molar refractivity (Wildman–Crippen MR) is 175 cm³/mol. The summed E-state index contributed by atoms with van der Waals surface area (Å²) in [6, 6.07) is 48.3. The van der Waals surface area contributed by atoms with E-state index in [4.69, 9.17) is 4.42 Å². The lowest BCUT2D eigenvalue weighted by molar-refractivity contribution is 0.669. The first-order valence-electron chi connectivity index (χ1n) is 14.2. The van der Waals surface area contributed by atoms with Crippen molar-refractivity contribution in [2.45, 2.75) is 13.8 Å². The van der Waals surface area contributed by atoms with Crippen molar-refractivity contribution in [3.8, 4) is 33.4 Å². The average Bonchev–Trinajstić information content (AvgIpc) is 3.39. The molecule has 0 atom stereocenters. The zero-order chi connectivity index (χ0) is 27.5. The highest BCUT2D eigenvalue weighted by atomic mass is 16.3. The van der Waals surface area contributed by atoms with Gasteiger partial charge in [0.05, 0.1) is 0 Å². The lowest BCUT2D eigenvalue weighted by Crippen LogP contribution is -1.88. The van der Waals surface area contributed by atoms with Gasteiger partial charge in [0.25, 0.3) is 0 Å². The fraction of sp³-hybridized carbons (Fsp3) is 0.0500. The molecule has 0 bridgehead atoms. The molecule has 8 aromatic rings. The van der Waals surface area contributed by atoms with Crippen molar-refractivity contribution in [2.24, 2.45) is 0 Å². The molecule has 0 aliphatic carbocycles. The molecule has 0 radical (unpaired) electrons. The normalized spacial score (nSPS) is 11.7. The van der Waals surface area contributed by atoms with Crippen molar-refractivity contribution in [2.75, 3.05) is 0 Å². The van der Waals surface area contributed by atoms with Crippen LogP contribution >= 0.6 is 0 Å². The number of hydrogen-bond donors (Lipinski definition) is 0. The van der Waals surface area contributed by atoms with Gasteiger partial charge < -0.3 is 4.42 Å². The third-order valence-corrected chi connectivity index (χ3v) is 8.54. The Morgan fingerprint density at radius 3 is 1.61 bits per heavy atom. The van der Waals surface area contributed by atoms with E-state index in [0.29, 0.717) is 0 Å². The molecule has 0 N–H and O–H groups in total. The van der Waals surface area contributed by atoms with E-state index in [0.717, 1.165) is 21.9 Å². The van der Waals surface area contributed by atoms with Crippen LogP contribution in [0.5, 0.6) is 0 Å². The molecule has 194 valence electrons. The average molecular weight is 525 g/mol. The van der Waals surface area contributed by atoms with Gasteiger partial charge in [-0.25, -0.2) is 0 Å². The van der Waals surface area contributed by atoms with E-state index in [1.165, 1.54) is 66.1 Å². The van der Waals surface area contributed by atoms with Gasteiger partial charge in [0.1, 0.15) is 11.2 Å². The summed E-state index contributed by atoms with van der Waals surface area (Å²) in [6.45, 7) is 4.39. The Kier molecular flexibility index (Phi) is 5.33. The molecule has 0 aliphatic heterocycles. The molecular formula is C40H28O. The van der Waals surface area contributed by atoms with Gasteiger partial charge in [-0.2, -0.15) is 0 Å². The summed E-state index contributed by atoms with van der Waals surface area (Å²) in [5, 5.41) is 7.37. The standard InChI is InChI=1S/C40H28O/c1-25-7-3-4-8-33(25)34-17-13-27(21-26(34)2)28-14-18-35-31(22-28)11-12-32-23-29(15-19-36(32)35)30-16-20-38-37-9-5-6-10-39(37)41-40(38)24-30/h3-24H,1-2H3. The molecule has 8 rings (SSSR count). The second kappa shape index (κ2) is 9.21. The molecule has 0 spiro atoms. The maximum Gasteiger partial charge on any atom is 0.136 e. The van der Waals surface area contributed by atoms with E-state index >= 15 is 0 Å². The summed E-state index contributed by atoms with van der Waals surface area (Å²) in [5.74, 6) is 0. The monoisotopic (exact) mass is 524 g/mol. The maximum atomic E-state index is 6.15. The number of aryl methyl sites for hydroxylation is 2. The molecule has 0 amide bonds. The zero-order valence-corrected chi connectivity index (χ0v) is 23.1. The Morgan fingerprint density at radius 1 is 0.366 bits per heavy atom. The Labute approximate surface area is 239 Å². The quantitative estimate of drug-likeness (QED) is 0.210. The first-order valence-corrected chi connectivity index (χ1v) is 14.2. The maximum absolute atomic E-state index is 6.15. The SMILES string of the molecule is Cc1ccccc1-c1ccc(-c2ccc3c(ccc4cc(-c5ccc6c(c5)oc5ccccc56)ccc43)c2)cc1C. The molecular weight excluding hydrogens is 496 g/mol. The van der Waals surface area contributed by atoms with Gasteiger partial charge in [-0.15, -0.1) is 0 Å². The van der Waals surface area contributed by atoms with E-state index < -0.39 is 0 Å². The van der Waals surface area contributed by atoms with Crippen molar-refractivity contribution >= 4 is 43.5 Å². The van der Waals surface area contributed by atoms with Crippen molar-refractivity contribution in [1.82, 2.24) is 0 Å². The van der Waals surface area contributed by atoms with Crippen LogP contribution in [0.2, 0.25) is 0 Å². The smallest absolute Gasteiger partial charge is 0.136 e. The molecule has 0 fully saturated rings. The molecule has 0 saturated carbocycles. The minimum absolute atomic E-state index is 0.928. The van der Waals surface area contributed by atoms with Gasteiger partial charge in [0.2, 0.25) is 0 Å². The minimum atomic E-state index is 0.928. The molecule has 0 aliphatic rings. The van der Waals surface area contributed by atoms with E-state index in [1.807, 2.05) is 12.1 Å². The number of para-hydroxylation sites is 1. The van der Waals surface area contributed by atoms with Crippen LogP contribution in [0.1, 0.15) is 11.1 Å². The van der Waals surface area contributed by atoms with Crippen LogP contribution in [0.3, 0.4) is 0 Å².